The van der Waals surface area contributed by atoms with Crippen LogP contribution in [-0.2, 0) is 9.68 Å². The molecular formula is C20H30O3. The molecule has 3 unspecified atom stereocenters. The molecule has 2 rings (SSSR count). The molecule has 3 atom stereocenters. The van der Waals surface area contributed by atoms with Gasteiger partial charge >= 0.3 is 0 Å². The Hall–Kier alpha value is -1.19. The molecule has 1 saturated carbocycles. The van der Waals surface area contributed by atoms with Crippen LogP contribution >= 0.6 is 0 Å². The summed E-state index contributed by atoms with van der Waals surface area (Å²) < 4.78 is 0. The van der Waals surface area contributed by atoms with Crippen molar-refractivity contribution in [2.45, 2.75) is 72.3 Å². The molecule has 0 radical (unpaired) electrons. The fraction of sp³-hybridized carbons (Fsp3) is 0.650. The van der Waals surface area contributed by atoms with Gasteiger partial charge in [-0.2, -0.15) is 0 Å². The van der Waals surface area contributed by atoms with Gasteiger partial charge in [0.25, 0.3) is 0 Å². The van der Waals surface area contributed by atoms with Crippen molar-refractivity contribution < 1.29 is 14.9 Å². The predicted octanol–water partition coefficient (Wildman–Crippen LogP) is 5.24. The van der Waals surface area contributed by atoms with Crippen LogP contribution in [0.2, 0.25) is 0 Å². The minimum Gasteiger partial charge on any atom is -0.295 e. The summed E-state index contributed by atoms with van der Waals surface area (Å²) in [7, 11) is 0. The van der Waals surface area contributed by atoms with Crippen LogP contribution in [-0.4, -0.2) is 17.1 Å². The molecule has 0 heterocycles. The van der Waals surface area contributed by atoms with Crippen molar-refractivity contribution in [2.75, 3.05) is 0 Å². The highest BCUT2D eigenvalue weighted by atomic mass is 17.1. The number of rotatable bonds is 1. The van der Waals surface area contributed by atoms with Gasteiger partial charge in [0.05, 0.1) is 0 Å². The summed E-state index contributed by atoms with van der Waals surface area (Å²) in [5, 5.41) is 9.17. The number of allylic oxidation sites excluding steroid dienone is 4. The molecule has 3 heteroatoms. The zero-order valence-corrected chi connectivity index (χ0v) is 14.9. The van der Waals surface area contributed by atoms with Gasteiger partial charge in [0.1, 0.15) is 6.10 Å². The van der Waals surface area contributed by atoms with Crippen molar-refractivity contribution >= 4 is 5.78 Å². The van der Waals surface area contributed by atoms with E-state index in [9.17, 15) is 10.1 Å². The number of carbonyl (C=O) groups excluding carboxylic acids is 1. The number of hydrogen-bond donors (Lipinski definition) is 1. The molecule has 23 heavy (non-hydrogen) atoms. The molecule has 2 aliphatic rings. The van der Waals surface area contributed by atoms with Crippen molar-refractivity contribution in [3.8, 4) is 0 Å². The lowest BCUT2D eigenvalue weighted by molar-refractivity contribution is -0.270. The summed E-state index contributed by atoms with van der Waals surface area (Å²) >= 11 is 0. The average molecular weight is 318 g/mol. The Labute approximate surface area is 140 Å². The van der Waals surface area contributed by atoms with Crippen LogP contribution in [0.4, 0.5) is 0 Å². The van der Waals surface area contributed by atoms with Gasteiger partial charge in [0.2, 0.25) is 0 Å². The highest BCUT2D eigenvalue weighted by Gasteiger charge is 2.46. The summed E-state index contributed by atoms with van der Waals surface area (Å²) in [5.74, 6) is 0.569. The molecule has 2 aliphatic carbocycles. The average Bonchev–Trinajstić information content (AvgIpc) is 2.73. The van der Waals surface area contributed by atoms with Gasteiger partial charge in [0.15, 0.2) is 5.78 Å². The summed E-state index contributed by atoms with van der Waals surface area (Å²) in [4.78, 5) is 17.2. The van der Waals surface area contributed by atoms with Crippen molar-refractivity contribution in [2.24, 2.45) is 11.3 Å². The van der Waals surface area contributed by atoms with Crippen LogP contribution in [0.3, 0.4) is 0 Å². The molecule has 1 N–H and O–H groups in total. The molecule has 0 aromatic rings. The summed E-state index contributed by atoms with van der Waals surface area (Å²) in [6.07, 6.45) is 6.86. The van der Waals surface area contributed by atoms with Gasteiger partial charge in [0, 0.05) is 6.42 Å². The first-order valence-electron chi connectivity index (χ1n) is 8.62. The van der Waals surface area contributed by atoms with E-state index < -0.39 is 0 Å². The SMILES string of the molecule is C=C1CCC2C(=C(C)C)C(=O)CC2(C)CC=C(C)CCC1OO. The van der Waals surface area contributed by atoms with Crippen LogP contribution < -0.4 is 0 Å². The van der Waals surface area contributed by atoms with E-state index in [1.54, 1.807) is 0 Å². The van der Waals surface area contributed by atoms with Crippen molar-refractivity contribution in [3.63, 3.8) is 0 Å². The lowest BCUT2D eigenvalue weighted by atomic mass is 9.72. The first kappa shape index (κ1) is 18.2. The molecule has 0 spiro atoms. The second-order valence-corrected chi connectivity index (χ2v) is 7.80. The molecular weight excluding hydrogens is 288 g/mol. The Morgan fingerprint density at radius 2 is 2.04 bits per heavy atom. The van der Waals surface area contributed by atoms with Gasteiger partial charge in [-0.05, 0) is 75.4 Å². The minimum absolute atomic E-state index is 0.00879. The zero-order chi connectivity index (χ0) is 17.2. The first-order valence-corrected chi connectivity index (χ1v) is 8.62. The Bertz CT molecular complexity index is 551. The van der Waals surface area contributed by atoms with E-state index in [0.717, 1.165) is 48.8 Å². The van der Waals surface area contributed by atoms with Crippen molar-refractivity contribution in [3.05, 3.63) is 34.9 Å². The molecule has 0 bridgehead atoms. The van der Waals surface area contributed by atoms with E-state index in [-0.39, 0.29) is 17.4 Å². The Kier molecular flexibility index (Phi) is 5.64. The normalized spacial score (nSPS) is 33.1. The van der Waals surface area contributed by atoms with Gasteiger partial charge < -0.3 is 0 Å². The van der Waals surface area contributed by atoms with E-state index in [4.69, 9.17) is 0 Å². The molecule has 128 valence electrons. The number of Topliss-reactive ketones (excluding diaryl/α,β-unsaturated/α-hetero) is 1. The van der Waals surface area contributed by atoms with Crippen LogP contribution in [0.1, 0.15) is 66.2 Å². The summed E-state index contributed by atoms with van der Waals surface area (Å²) in [6.45, 7) is 12.6. The van der Waals surface area contributed by atoms with Gasteiger partial charge in [-0.3, -0.25) is 10.1 Å². The molecule has 0 aromatic heterocycles. The topological polar surface area (TPSA) is 46.5 Å². The van der Waals surface area contributed by atoms with Crippen LogP contribution in [0.15, 0.2) is 34.9 Å². The zero-order valence-electron chi connectivity index (χ0n) is 14.9. The summed E-state index contributed by atoms with van der Waals surface area (Å²) in [6, 6.07) is 0. The van der Waals surface area contributed by atoms with E-state index in [0.29, 0.717) is 12.2 Å². The standard InChI is InChI=1S/C20H30O3/c1-13(2)19-16-8-7-15(4)18(23-22)9-6-14(3)10-11-20(16,5)12-17(19)21/h10,16,18,22H,4,6-9,11-12H2,1-3,5H3. The number of fused-ring (bicyclic) bond motifs is 1. The molecule has 0 saturated heterocycles. The van der Waals surface area contributed by atoms with Crippen LogP contribution in [0, 0.1) is 11.3 Å². The number of hydrogen-bond acceptors (Lipinski definition) is 3. The third kappa shape index (κ3) is 3.84. The van der Waals surface area contributed by atoms with Gasteiger partial charge in [-0.1, -0.05) is 30.7 Å². The highest BCUT2D eigenvalue weighted by molar-refractivity contribution is 5.99. The number of ketones is 1. The first-order chi connectivity index (χ1) is 10.8. The van der Waals surface area contributed by atoms with Gasteiger partial charge in [-0.25, -0.2) is 4.89 Å². The van der Waals surface area contributed by atoms with E-state index in [1.807, 2.05) is 13.8 Å². The Morgan fingerprint density at radius 3 is 2.65 bits per heavy atom. The maximum Gasteiger partial charge on any atom is 0.159 e. The van der Waals surface area contributed by atoms with Crippen molar-refractivity contribution in [1.82, 2.24) is 0 Å². The van der Waals surface area contributed by atoms with Gasteiger partial charge in [-0.15, -0.1) is 0 Å². The molecule has 0 amide bonds. The smallest absolute Gasteiger partial charge is 0.159 e. The quantitative estimate of drug-likeness (QED) is 0.311. The van der Waals surface area contributed by atoms with Crippen LogP contribution in [0.25, 0.3) is 0 Å². The third-order valence-electron chi connectivity index (χ3n) is 5.65. The fourth-order valence-electron chi connectivity index (χ4n) is 4.15. The molecule has 3 nitrogen and oxygen atoms in total. The Morgan fingerprint density at radius 1 is 1.35 bits per heavy atom. The number of carbonyl (C=O) groups is 1. The highest BCUT2D eigenvalue weighted by Crippen LogP contribution is 2.51. The minimum atomic E-state index is -0.310. The summed E-state index contributed by atoms with van der Waals surface area (Å²) in [5.41, 5.74) is 4.37. The van der Waals surface area contributed by atoms with E-state index in [2.05, 4.69) is 31.4 Å². The largest absolute Gasteiger partial charge is 0.295 e. The second kappa shape index (κ2) is 7.14. The second-order valence-electron chi connectivity index (χ2n) is 7.80. The predicted molar refractivity (Wildman–Crippen MR) is 93.1 cm³/mol. The lowest BCUT2D eigenvalue weighted by Gasteiger charge is -2.31. The maximum absolute atomic E-state index is 12.6. The maximum atomic E-state index is 12.6. The van der Waals surface area contributed by atoms with E-state index in [1.165, 1.54) is 5.57 Å². The lowest BCUT2D eigenvalue weighted by Crippen LogP contribution is -2.23. The third-order valence-corrected chi connectivity index (χ3v) is 5.65. The fourth-order valence-corrected chi connectivity index (χ4v) is 4.15. The monoisotopic (exact) mass is 318 g/mol. The van der Waals surface area contributed by atoms with Crippen LogP contribution in [0.5, 0.6) is 0 Å². The van der Waals surface area contributed by atoms with Crippen molar-refractivity contribution in [1.29, 1.82) is 0 Å². The van der Waals surface area contributed by atoms with E-state index >= 15 is 0 Å². The molecule has 0 aliphatic heterocycles. The Balaban J connectivity index is 2.38. The molecule has 0 aromatic carbocycles. The molecule has 1 fully saturated rings.